The average Bonchev–Trinajstić information content (AvgIpc) is 2.87. The van der Waals surface area contributed by atoms with Gasteiger partial charge in [0.2, 0.25) is 5.82 Å². The third-order valence-corrected chi connectivity index (χ3v) is 5.46. The predicted molar refractivity (Wildman–Crippen MR) is 118 cm³/mol. The van der Waals surface area contributed by atoms with Crippen molar-refractivity contribution >= 4 is 10.9 Å². The molecule has 1 aromatic heterocycles. The highest BCUT2D eigenvalue weighted by atomic mass is 19.2. The Morgan fingerprint density at radius 3 is 1.64 bits per heavy atom. The van der Waals surface area contributed by atoms with E-state index in [0.717, 1.165) is 11.1 Å². The van der Waals surface area contributed by atoms with Crippen molar-refractivity contribution in [2.75, 3.05) is 0 Å². The lowest BCUT2D eigenvalue weighted by Gasteiger charge is -2.13. The first-order valence-corrected chi connectivity index (χ1v) is 10.0. The Hall–Kier alpha value is -4.06. The number of fused-ring (bicyclic) bond motifs is 1. The molecule has 5 aromatic rings. The second-order valence-electron chi connectivity index (χ2n) is 7.46. The van der Waals surface area contributed by atoms with Gasteiger partial charge in [0.1, 0.15) is 0 Å². The zero-order valence-electron chi connectivity index (χ0n) is 16.9. The Balaban J connectivity index is 1.81. The zero-order valence-corrected chi connectivity index (χ0v) is 16.9. The molecule has 0 aliphatic carbocycles. The molecule has 6 heteroatoms. The van der Waals surface area contributed by atoms with Crippen molar-refractivity contribution in [3.05, 3.63) is 114 Å². The minimum atomic E-state index is -2.19. The van der Waals surface area contributed by atoms with Crippen LogP contribution < -0.4 is 0 Å². The van der Waals surface area contributed by atoms with E-state index in [1.807, 2.05) is 66.7 Å². The molecule has 0 aliphatic rings. The lowest BCUT2D eigenvalue weighted by Crippen LogP contribution is -2.04. The smallest absolute Gasteiger partial charge is 0.200 e. The molecule has 4 aromatic carbocycles. The van der Waals surface area contributed by atoms with Gasteiger partial charge in [-0.25, -0.2) is 26.9 Å². The second-order valence-corrected chi connectivity index (χ2v) is 7.46. The molecule has 0 radical (unpaired) electrons. The molecule has 1 heterocycles. The number of aromatic nitrogens is 1. The van der Waals surface area contributed by atoms with E-state index in [9.17, 15) is 22.0 Å². The highest BCUT2D eigenvalue weighted by molar-refractivity contribution is 5.99. The van der Waals surface area contributed by atoms with E-state index in [1.54, 1.807) is 0 Å². The first-order chi connectivity index (χ1) is 16.0. The number of nitrogens with zero attached hydrogens (tertiary/aromatic N) is 1. The first-order valence-electron chi connectivity index (χ1n) is 10.0. The van der Waals surface area contributed by atoms with Gasteiger partial charge in [0.25, 0.3) is 0 Å². The molecular weight excluding hydrogens is 433 g/mol. The molecular formula is C27H14F5N. The molecule has 0 fully saturated rings. The molecule has 33 heavy (non-hydrogen) atoms. The minimum absolute atomic E-state index is 0.137. The third-order valence-electron chi connectivity index (χ3n) is 5.46. The van der Waals surface area contributed by atoms with E-state index in [-0.39, 0.29) is 5.56 Å². The van der Waals surface area contributed by atoms with E-state index >= 15 is 0 Å². The van der Waals surface area contributed by atoms with Gasteiger partial charge < -0.3 is 0 Å². The van der Waals surface area contributed by atoms with Crippen molar-refractivity contribution < 1.29 is 22.0 Å². The molecule has 0 saturated carbocycles. The summed E-state index contributed by atoms with van der Waals surface area (Å²) in [5.74, 6) is -9.90. The van der Waals surface area contributed by atoms with Crippen LogP contribution in [0.25, 0.3) is 44.4 Å². The van der Waals surface area contributed by atoms with Crippen LogP contribution in [0.1, 0.15) is 0 Å². The van der Waals surface area contributed by atoms with Gasteiger partial charge in [0, 0.05) is 10.9 Å². The number of halogens is 5. The number of hydrogen-bond donors (Lipinski definition) is 0. The Labute approximate surface area is 185 Å². The van der Waals surface area contributed by atoms with Crippen LogP contribution in [0.4, 0.5) is 22.0 Å². The SMILES string of the molecule is Fc1c(F)c(F)c(-c2ccc3nc(-c4ccccc4)cc(-c4ccccc4)c3c2)c(F)c1F. The number of pyridine rings is 1. The van der Waals surface area contributed by atoms with Crippen molar-refractivity contribution in [1.82, 2.24) is 4.98 Å². The molecule has 0 spiro atoms. The van der Waals surface area contributed by atoms with Crippen LogP contribution in [-0.4, -0.2) is 4.98 Å². The van der Waals surface area contributed by atoms with Gasteiger partial charge in [-0.2, -0.15) is 0 Å². The maximum absolute atomic E-state index is 14.5. The molecule has 162 valence electrons. The Morgan fingerprint density at radius 2 is 1.03 bits per heavy atom. The second kappa shape index (κ2) is 8.13. The molecule has 1 nitrogen and oxygen atoms in total. The number of benzene rings is 4. The van der Waals surface area contributed by atoms with Crippen LogP contribution in [-0.2, 0) is 0 Å². The Morgan fingerprint density at radius 1 is 0.485 bits per heavy atom. The summed E-state index contributed by atoms with van der Waals surface area (Å²) in [5, 5.41) is 0.516. The van der Waals surface area contributed by atoms with Gasteiger partial charge in [-0.15, -0.1) is 0 Å². The fourth-order valence-corrected chi connectivity index (χ4v) is 3.85. The summed E-state index contributed by atoms with van der Waals surface area (Å²) in [5.41, 5.74) is 2.50. The molecule has 0 saturated heterocycles. The van der Waals surface area contributed by atoms with Crippen LogP contribution >= 0.6 is 0 Å². The summed E-state index contributed by atoms with van der Waals surface area (Å²) in [6.45, 7) is 0. The lowest BCUT2D eigenvalue weighted by molar-refractivity contribution is 0.381. The summed E-state index contributed by atoms with van der Waals surface area (Å²) >= 11 is 0. The maximum atomic E-state index is 14.5. The Bertz CT molecular complexity index is 1470. The zero-order chi connectivity index (χ0) is 23.1. The van der Waals surface area contributed by atoms with Gasteiger partial charge in [0.05, 0.1) is 16.8 Å². The summed E-state index contributed by atoms with van der Waals surface area (Å²) in [6.07, 6.45) is 0. The van der Waals surface area contributed by atoms with Crippen LogP contribution in [0.3, 0.4) is 0 Å². The number of hydrogen-bond acceptors (Lipinski definition) is 1. The van der Waals surface area contributed by atoms with Gasteiger partial charge >= 0.3 is 0 Å². The predicted octanol–water partition coefficient (Wildman–Crippen LogP) is 7.93. The lowest BCUT2D eigenvalue weighted by atomic mass is 9.95. The van der Waals surface area contributed by atoms with Gasteiger partial charge in [-0.1, -0.05) is 66.7 Å². The van der Waals surface area contributed by atoms with E-state index < -0.39 is 34.6 Å². The molecule has 0 aliphatic heterocycles. The average molecular weight is 447 g/mol. The van der Waals surface area contributed by atoms with Gasteiger partial charge in [-0.3, -0.25) is 0 Å². The van der Waals surface area contributed by atoms with Crippen molar-refractivity contribution in [2.24, 2.45) is 0 Å². The molecule has 0 bridgehead atoms. The molecule has 0 amide bonds. The molecule has 5 rings (SSSR count). The van der Waals surface area contributed by atoms with Crippen LogP contribution in [0, 0.1) is 29.1 Å². The first kappa shape index (κ1) is 20.8. The normalized spacial score (nSPS) is 11.2. The quantitative estimate of drug-likeness (QED) is 0.155. The molecule has 0 unspecified atom stereocenters. The topological polar surface area (TPSA) is 12.9 Å². The fourth-order valence-electron chi connectivity index (χ4n) is 3.85. The van der Waals surface area contributed by atoms with Crippen molar-refractivity contribution in [2.45, 2.75) is 0 Å². The van der Waals surface area contributed by atoms with Gasteiger partial charge in [-0.05, 0) is 34.9 Å². The number of rotatable bonds is 3. The van der Waals surface area contributed by atoms with Crippen LogP contribution in [0.15, 0.2) is 84.9 Å². The largest absolute Gasteiger partial charge is 0.248 e. The standard InChI is InChI=1S/C27H14F5N/c28-23-22(24(29)26(31)27(32)25(23)30)17-11-12-20-19(13-17)18(15-7-3-1-4-8-15)14-21(33-20)16-9-5-2-6-10-16/h1-14H. The highest BCUT2D eigenvalue weighted by Crippen LogP contribution is 2.37. The monoisotopic (exact) mass is 447 g/mol. The van der Waals surface area contributed by atoms with E-state index in [1.165, 1.54) is 18.2 Å². The summed E-state index contributed by atoms with van der Waals surface area (Å²) in [7, 11) is 0. The van der Waals surface area contributed by atoms with Crippen molar-refractivity contribution in [1.29, 1.82) is 0 Å². The van der Waals surface area contributed by atoms with E-state index in [4.69, 9.17) is 0 Å². The fraction of sp³-hybridized carbons (Fsp3) is 0. The van der Waals surface area contributed by atoms with Gasteiger partial charge in [0.15, 0.2) is 23.3 Å². The van der Waals surface area contributed by atoms with Crippen molar-refractivity contribution in [3.63, 3.8) is 0 Å². The van der Waals surface area contributed by atoms with E-state index in [2.05, 4.69) is 4.98 Å². The van der Waals surface area contributed by atoms with Crippen LogP contribution in [0.5, 0.6) is 0 Å². The Kier molecular flexibility index (Phi) is 5.13. The highest BCUT2D eigenvalue weighted by Gasteiger charge is 2.27. The van der Waals surface area contributed by atoms with E-state index in [0.29, 0.717) is 22.2 Å². The van der Waals surface area contributed by atoms with Crippen molar-refractivity contribution in [3.8, 4) is 33.5 Å². The van der Waals surface area contributed by atoms with Crippen LogP contribution in [0.2, 0.25) is 0 Å². The third kappa shape index (κ3) is 3.53. The minimum Gasteiger partial charge on any atom is -0.248 e. The molecule has 0 atom stereocenters. The molecule has 0 N–H and O–H groups in total. The summed E-state index contributed by atoms with van der Waals surface area (Å²) < 4.78 is 70.1. The summed E-state index contributed by atoms with van der Waals surface area (Å²) in [6, 6.07) is 24.8. The summed E-state index contributed by atoms with van der Waals surface area (Å²) in [4.78, 5) is 4.66. The maximum Gasteiger partial charge on any atom is 0.200 e.